The summed E-state index contributed by atoms with van der Waals surface area (Å²) in [6.45, 7) is -0.810. The largest absolute Gasteiger partial charge is 0.497 e. The number of rotatable bonds is 9. The van der Waals surface area contributed by atoms with Gasteiger partial charge in [0.05, 0.1) is 26.8 Å². The minimum Gasteiger partial charge on any atom is -0.497 e. The van der Waals surface area contributed by atoms with Crippen molar-refractivity contribution in [3.63, 3.8) is 0 Å². The van der Waals surface area contributed by atoms with Gasteiger partial charge in [0.2, 0.25) is 5.91 Å². The molecule has 0 saturated carbocycles. The molecule has 0 aromatic heterocycles. The zero-order valence-corrected chi connectivity index (χ0v) is 16.9. The van der Waals surface area contributed by atoms with E-state index in [1.165, 1.54) is 24.1 Å². The van der Waals surface area contributed by atoms with Gasteiger partial charge in [0, 0.05) is 38.7 Å². The molecule has 1 saturated heterocycles. The summed E-state index contributed by atoms with van der Waals surface area (Å²) < 4.78 is 40.5. The van der Waals surface area contributed by atoms with Crippen molar-refractivity contribution in [1.82, 2.24) is 15.5 Å². The lowest BCUT2D eigenvalue weighted by Gasteiger charge is -2.17. The molecule has 1 aromatic rings. The first-order chi connectivity index (χ1) is 13.9. The molecule has 1 heterocycles. The topological polar surface area (TPSA) is 84.4 Å². The molecular formula is C19H28F2N4O4. The van der Waals surface area contributed by atoms with E-state index in [0.717, 1.165) is 13.0 Å². The molecule has 0 bridgehead atoms. The molecule has 1 amide bonds. The number of nitrogens with zero attached hydrogens (tertiary/aromatic N) is 2. The summed E-state index contributed by atoms with van der Waals surface area (Å²) in [5.41, 5.74) is 0.439. The van der Waals surface area contributed by atoms with Crippen molar-refractivity contribution < 1.29 is 27.8 Å². The van der Waals surface area contributed by atoms with Crippen LogP contribution in [0.15, 0.2) is 23.2 Å². The smallest absolute Gasteiger partial charge is 0.387 e. The van der Waals surface area contributed by atoms with Crippen molar-refractivity contribution in [1.29, 1.82) is 0 Å². The van der Waals surface area contributed by atoms with E-state index in [4.69, 9.17) is 9.47 Å². The van der Waals surface area contributed by atoms with Crippen LogP contribution in [0.25, 0.3) is 0 Å². The number of carbonyl (C=O) groups excluding carboxylic acids is 1. The van der Waals surface area contributed by atoms with E-state index in [9.17, 15) is 13.6 Å². The predicted molar refractivity (Wildman–Crippen MR) is 104 cm³/mol. The van der Waals surface area contributed by atoms with Crippen LogP contribution in [0.5, 0.6) is 11.5 Å². The Morgan fingerprint density at radius 1 is 1.38 bits per heavy atom. The number of carbonyl (C=O) groups is 1. The number of alkyl halides is 2. The quantitative estimate of drug-likeness (QED) is 0.470. The Labute approximate surface area is 169 Å². The third-order valence-electron chi connectivity index (χ3n) is 4.38. The molecule has 0 aliphatic carbocycles. The molecule has 10 heteroatoms. The Morgan fingerprint density at radius 2 is 2.17 bits per heavy atom. The van der Waals surface area contributed by atoms with Gasteiger partial charge in [-0.3, -0.25) is 4.79 Å². The Morgan fingerprint density at radius 3 is 2.79 bits per heavy atom. The van der Waals surface area contributed by atoms with Gasteiger partial charge in [-0.05, 0) is 24.6 Å². The second-order valence-electron chi connectivity index (χ2n) is 6.77. The first-order valence-electron chi connectivity index (χ1n) is 9.30. The molecule has 162 valence electrons. The van der Waals surface area contributed by atoms with Crippen LogP contribution in [0, 0.1) is 5.92 Å². The van der Waals surface area contributed by atoms with Gasteiger partial charge in [0.1, 0.15) is 11.5 Å². The second kappa shape index (κ2) is 11.4. The fourth-order valence-corrected chi connectivity index (χ4v) is 2.66. The normalized spacial score (nSPS) is 16.6. The minimum atomic E-state index is -2.94. The van der Waals surface area contributed by atoms with Crippen molar-refractivity contribution in [2.45, 2.75) is 19.6 Å². The van der Waals surface area contributed by atoms with Crippen molar-refractivity contribution >= 4 is 11.9 Å². The summed E-state index contributed by atoms with van der Waals surface area (Å²) in [5.74, 6) is 1.16. The highest BCUT2D eigenvalue weighted by atomic mass is 19.3. The third-order valence-corrected chi connectivity index (χ3v) is 4.38. The highest BCUT2D eigenvalue weighted by molar-refractivity contribution is 5.86. The van der Waals surface area contributed by atoms with E-state index in [1.807, 2.05) is 0 Å². The van der Waals surface area contributed by atoms with E-state index >= 15 is 0 Å². The second-order valence-corrected chi connectivity index (χ2v) is 6.77. The predicted octanol–water partition coefficient (Wildman–Crippen LogP) is 1.46. The zero-order valence-electron chi connectivity index (χ0n) is 16.9. The van der Waals surface area contributed by atoms with Crippen LogP contribution in [-0.2, 0) is 16.1 Å². The highest BCUT2D eigenvalue weighted by Crippen LogP contribution is 2.26. The number of benzene rings is 1. The van der Waals surface area contributed by atoms with E-state index < -0.39 is 6.61 Å². The molecule has 0 radical (unpaired) electrons. The summed E-state index contributed by atoms with van der Waals surface area (Å²) in [7, 11) is 4.81. The summed E-state index contributed by atoms with van der Waals surface area (Å²) >= 11 is 0. The first-order valence-corrected chi connectivity index (χ1v) is 9.30. The van der Waals surface area contributed by atoms with Gasteiger partial charge < -0.3 is 29.7 Å². The van der Waals surface area contributed by atoms with Gasteiger partial charge >= 0.3 is 6.61 Å². The number of aliphatic imine (C=N–C) groups is 1. The van der Waals surface area contributed by atoms with Crippen LogP contribution in [0.1, 0.15) is 12.0 Å². The molecule has 1 aromatic carbocycles. The van der Waals surface area contributed by atoms with Gasteiger partial charge in [-0.15, -0.1) is 0 Å². The van der Waals surface area contributed by atoms with Crippen LogP contribution in [-0.4, -0.2) is 70.9 Å². The van der Waals surface area contributed by atoms with Crippen molar-refractivity contribution in [2.75, 3.05) is 47.5 Å². The molecule has 1 aliphatic heterocycles. The average molecular weight is 414 g/mol. The summed E-state index contributed by atoms with van der Waals surface area (Å²) in [6, 6.07) is 4.55. The Hall–Kier alpha value is -2.62. The van der Waals surface area contributed by atoms with Crippen molar-refractivity contribution in [3.05, 3.63) is 23.8 Å². The fraction of sp³-hybridized carbons (Fsp3) is 0.579. The molecule has 8 nitrogen and oxygen atoms in total. The maximum atomic E-state index is 12.7. The van der Waals surface area contributed by atoms with Crippen LogP contribution in [0.2, 0.25) is 0 Å². The Kier molecular flexibility index (Phi) is 8.91. The number of amides is 1. The minimum absolute atomic E-state index is 0.0254. The SMILES string of the molecule is COc1ccc(OC(F)F)c(CN=C(NCC(=O)N(C)C)NCC2CCOC2)c1. The van der Waals surface area contributed by atoms with E-state index in [1.54, 1.807) is 20.2 Å². The number of likely N-dealkylation sites (N-methyl/N-ethyl adjacent to an activating group) is 1. The lowest BCUT2D eigenvalue weighted by Crippen LogP contribution is -2.44. The highest BCUT2D eigenvalue weighted by Gasteiger charge is 2.17. The summed E-state index contributed by atoms with van der Waals surface area (Å²) in [5, 5.41) is 6.15. The van der Waals surface area contributed by atoms with E-state index in [0.29, 0.717) is 36.3 Å². The van der Waals surface area contributed by atoms with Crippen molar-refractivity contribution in [3.8, 4) is 11.5 Å². The van der Waals surface area contributed by atoms with Crippen molar-refractivity contribution in [2.24, 2.45) is 10.9 Å². The molecule has 1 fully saturated rings. The van der Waals surface area contributed by atoms with E-state index in [-0.39, 0.29) is 24.7 Å². The number of nitrogens with one attached hydrogen (secondary N) is 2. The Bertz CT molecular complexity index is 695. The van der Waals surface area contributed by atoms with E-state index in [2.05, 4.69) is 20.4 Å². The standard InChI is InChI=1S/C19H28F2N4O4/c1-25(2)17(26)11-24-19(22-9-13-6-7-28-12-13)23-10-14-8-15(27-3)4-5-16(14)29-18(20)21/h4-5,8,13,18H,6-7,9-12H2,1-3H3,(H2,22,23,24). The Balaban J connectivity index is 2.11. The molecular weight excluding hydrogens is 386 g/mol. The number of hydrogen-bond donors (Lipinski definition) is 2. The van der Waals surface area contributed by atoms with Crippen LogP contribution < -0.4 is 20.1 Å². The lowest BCUT2D eigenvalue weighted by atomic mass is 10.1. The van der Waals surface area contributed by atoms with Gasteiger partial charge in [-0.25, -0.2) is 4.99 Å². The monoisotopic (exact) mass is 414 g/mol. The third kappa shape index (κ3) is 7.72. The zero-order chi connectivity index (χ0) is 21.2. The average Bonchev–Trinajstić information content (AvgIpc) is 3.21. The summed E-state index contributed by atoms with van der Waals surface area (Å²) in [6.07, 6.45) is 0.944. The first kappa shape index (κ1) is 22.7. The maximum absolute atomic E-state index is 12.7. The fourth-order valence-electron chi connectivity index (χ4n) is 2.66. The molecule has 1 unspecified atom stereocenters. The number of ether oxygens (including phenoxy) is 3. The number of hydrogen-bond acceptors (Lipinski definition) is 5. The van der Waals surface area contributed by atoms with Gasteiger partial charge in [0.15, 0.2) is 5.96 Å². The molecule has 1 atom stereocenters. The van der Waals surface area contributed by atoms with Gasteiger partial charge in [-0.2, -0.15) is 8.78 Å². The van der Waals surface area contributed by atoms with Gasteiger partial charge in [0.25, 0.3) is 0 Å². The summed E-state index contributed by atoms with van der Waals surface area (Å²) in [4.78, 5) is 17.8. The van der Waals surface area contributed by atoms with Gasteiger partial charge in [-0.1, -0.05) is 0 Å². The number of methoxy groups -OCH3 is 1. The van der Waals surface area contributed by atoms with Crippen LogP contribution in [0.3, 0.4) is 0 Å². The molecule has 2 rings (SSSR count). The molecule has 1 aliphatic rings. The maximum Gasteiger partial charge on any atom is 0.387 e. The molecule has 0 spiro atoms. The van der Waals surface area contributed by atoms with Crippen LogP contribution in [0.4, 0.5) is 8.78 Å². The molecule has 29 heavy (non-hydrogen) atoms. The van der Waals surface area contributed by atoms with Crippen LogP contribution >= 0.6 is 0 Å². The number of guanidine groups is 1. The molecule has 2 N–H and O–H groups in total. The number of halogens is 2. The lowest BCUT2D eigenvalue weighted by molar-refractivity contribution is -0.127.